The Hall–Kier alpha value is -3.74. The SMILES string of the molecule is CCN(C(=O)OC)c1cc(C(=O)NCCc2cnccn2)cc(-c2ccc(C)cc2)c1. The molecular weight excluding hydrogens is 392 g/mol. The number of carbonyl (C=O) groups excluding carboxylic acids is 2. The van der Waals surface area contributed by atoms with Crippen molar-refractivity contribution in [3.05, 3.63) is 77.9 Å². The van der Waals surface area contributed by atoms with Crippen molar-refractivity contribution in [2.24, 2.45) is 0 Å². The summed E-state index contributed by atoms with van der Waals surface area (Å²) in [6.07, 6.45) is 5.02. The second kappa shape index (κ2) is 10.3. The van der Waals surface area contributed by atoms with E-state index in [2.05, 4.69) is 15.3 Å². The molecule has 2 aromatic carbocycles. The minimum atomic E-state index is -0.474. The largest absolute Gasteiger partial charge is 0.452 e. The van der Waals surface area contributed by atoms with Crippen LogP contribution >= 0.6 is 0 Å². The number of rotatable bonds is 7. The number of nitrogens with zero attached hydrogens (tertiary/aromatic N) is 3. The van der Waals surface area contributed by atoms with Gasteiger partial charge in [-0.2, -0.15) is 0 Å². The Kier molecular flexibility index (Phi) is 7.32. The average molecular weight is 418 g/mol. The van der Waals surface area contributed by atoms with Gasteiger partial charge in [-0.3, -0.25) is 19.7 Å². The molecular formula is C24H26N4O3. The summed E-state index contributed by atoms with van der Waals surface area (Å²) in [5.74, 6) is -0.222. The first-order chi connectivity index (χ1) is 15.0. The zero-order valence-corrected chi connectivity index (χ0v) is 18.0. The predicted octanol–water partition coefficient (Wildman–Crippen LogP) is 4.02. The number of hydrogen-bond acceptors (Lipinski definition) is 5. The van der Waals surface area contributed by atoms with Gasteiger partial charge in [-0.25, -0.2) is 4.79 Å². The Bertz CT molecular complexity index is 1040. The number of anilines is 1. The standard InChI is InChI=1S/C24H26N4O3/c1-4-28(24(30)31-3)22-14-19(18-7-5-17(2)6-8-18)13-20(15-22)23(29)27-10-9-21-16-25-11-12-26-21/h5-8,11-16H,4,9-10H2,1-3H3,(H,27,29). The average Bonchev–Trinajstić information content (AvgIpc) is 2.80. The topological polar surface area (TPSA) is 84.4 Å². The van der Waals surface area contributed by atoms with Gasteiger partial charge in [0.05, 0.1) is 12.8 Å². The first-order valence-corrected chi connectivity index (χ1v) is 10.1. The van der Waals surface area contributed by atoms with Crippen LogP contribution in [-0.2, 0) is 11.2 Å². The highest BCUT2D eigenvalue weighted by Gasteiger charge is 2.18. The number of hydrogen-bond donors (Lipinski definition) is 1. The molecule has 7 nitrogen and oxygen atoms in total. The second-order valence-corrected chi connectivity index (χ2v) is 7.05. The Morgan fingerprint density at radius 1 is 1.06 bits per heavy atom. The van der Waals surface area contributed by atoms with Gasteiger partial charge in [-0.1, -0.05) is 29.8 Å². The molecule has 0 fully saturated rings. The normalized spacial score (nSPS) is 10.4. The van der Waals surface area contributed by atoms with Crippen molar-refractivity contribution in [2.75, 3.05) is 25.1 Å². The summed E-state index contributed by atoms with van der Waals surface area (Å²) in [7, 11) is 1.34. The third-order valence-electron chi connectivity index (χ3n) is 4.87. The van der Waals surface area contributed by atoms with Crippen LogP contribution in [0.25, 0.3) is 11.1 Å². The van der Waals surface area contributed by atoms with Gasteiger partial charge in [0.25, 0.3) is 5.91 Å². The molecule has 0 saturated carbocycles. The Morgan fingerprint density at radius 3 is 2.48 bits per heavy atom. The Morgan fingerprint density at radius 2 is 1.84 bits per heavy atom. The molecule has 1 heterocycles. The van der Waals surface area contributed by atoms with E-state index in [1.165, 1.54) is 12.0 Å². The van der Waals surface area contributed by atoms with Crippen molar-refractivity contribution in [3.8, 4) is 11.1 Å². The maximum atomic E-state index is 12.9. The van der Waals surface area contributed by atoms with Gasteiger partial charge in [-0.15, -0.1) is 0 Å². The summed E-state index contributed by atoms with van der Waals surface area (Å²) in [6, 6.07) is 13.5. The highest BCUT2D eigenvalue weighted by atomic mass is 16.5. The summed E-state index contributed by atoms with van der Waals surface area (Å²) < 4.78 is 4.91. The van der Waals surface area contributed by atoms with E-state index in [0.717, 1.165) is 22.4 Å². The monoisotopic (exact) mass is 418 g/mol. The molecule has 0 radical (unpaired) electrons. The quantitative estimate of drug-likeness (QED) is 0.627. The molecule has 3 aromatic rings. The van der Waals surface area contributed by atoms with Gasteiger partial charge in [0.1, 0.15) is 0 Å². The highest BCUT2D eigenvalue weighted by Crippen LogP contribution is 2.28. The van der Waals surface area contributed by atoms with E-state index in [9.17, 15) is 9.59 Å². The Balaban J connectivity index is 1.89. The van der Waals surface area contributed by atoms with Crippen LogP contribution in [0.5, 0.6) is 0 Å². The third-order valence-corrected chi connectivity index (χ3v) is 4.87. The van der Waals surface area contributed by atoms with E-state index in [1.54, 1.807) is 24.7 Å². The Labute approximate surface area is 182 Å². The molecule has 31 heavy (non-hydrogen) atoms. The van der Waals surface area contributed by atoms with Gasteiger partial charge in [0, 0.05) is 49.4 Å². The van der Waals surface area contributed by atoms with Gasteiger partial charge in [0.15, 0.2) is 0 Å². The van der Waals surface area contributed by atoms with Crippen molar-refractivity contribution < 1.29 is 14.3 Å². The molecule has 0 unspecified atom stereocenters. The van der Waals surface area contributed by atoms with Gasteiger partial charge < -0.3 is 10.1 Å². The number of nitrogens with one attached hydrogen (secondary N) is 1. The first kappa shape index (κ1) is 22.0. The van der Waals surface area contributed by atoms with E-state index in [-0.39, 0.29) is 5.91 Å². The molecule has 160 valence electrons. The first-order valence-electron chi connectivity index (χ1n) is 10.1. The van der Waals surface area contributed by atoms with Crippen LogP contribution in [0.3, 0.4) is 0 Å². The minimum Gasteiger partial charge on any atom is -0.452 e. The van der Waals surface area contributed by atoms with Crippen LogP contribution in [0, 0.1) is 6.92 Å². The number of aromatic nitrogens is 2. The van der Waals surface area contributed by atoms with Crippen molar-refractivity contribution >= 4 is 17.7 Å². The molecule has 0 aliphatic heterocycles. The highest BCUT2D eigenvalue weighted by molar-refractivity contribution is 5.98. The van der Waals surface area contributed by atoms with Crippen LogP contribution in [0.15, 0.2) is 61.1 Å². The number of carbonyl (C=O) groups is 2. The molecule has 7 heteroatoms. The van der Waals surface area contributed by atoms with Crippen molar-refractivity contribution in [1.29, 1.82) is 0 Å². The van der Waals surface area contributed by atoms with E-state index < -0.39 is 6.09 Å². The number of ether oxygens (including phenoxy) is 1. The van der Waals surface area contributed by atoms with Crippen LogP contribution < -0.4 is 10.2 Å². The maximum Gasteiger partial charge on any atom is 0.413 e. The van der Waals surface area contributed by atoms with Gasteiger partial charge in [-0.05, 0) is 43.2 Å². The minimum absolute atomic E-state index is 0.222. The summed E-state index contributed by atoms with van der Waals surface area (Å²) in [6.45, 7) is 4.72. The van der Waals surface area contributed by atoms with E-state index in [1.807, 2.05) is 50.2 Å². The van der Waals surface area contributed by atoms with E-state index in [4.69, 9.17) is 4.74 Å². The molecule has 0 saturated heterocycles. The summed E-state index contributed by atoms with van der Waals surface area (Å²) in [5, 5.41) is 2.92. The fraction of sp³-hybridized carbons (Fsp3) is 0.250. The van der Waals surface area contributed by atoms with Crippen LogP contribution in [0.4, 0.5) is 10.5 Å². The molecule has 0 bridgehead atoms. The van der Waals surface area contributed by atoms with Crippen molar-refractivity contribution in [3.63, 3.8) is 0 Å². The van der Waals surface area contributed by atoms with Crippen LogP contribution in [-0.4, -0.2) is 42.2 Å². The van der Waals surface area contributed by atoms with Crippen LogP contribution in [0.2, 0.25) is 0 Å². The maximum absolute atomic E-state index is 12.9. The fourth-order valence-corrected chi connectivity index (χ4v) is 3.20. The molecule has 0 aliphatic carbocycles. The molecule has 2 amide bonds. The lowest BCUT2D eigenvalue weighted by Crippen LogP contribution is -2.31. The lowest BCUT2D eigenvalue weighted by molar-refractivity contribution is 0.0954. The summed E-state index contributed by atoms with van der Waals surface area (Å²) in [4.78, 5) is 34.9. The van der Waals surface area contributed by atoms with E-state index in [0.29, 0.717) is 30.8 Å². The van der Waals surface area contributed by atoms with E-state index >= 15 is 0 Å². The number of amides is 2. The number of aryl methyl sites for hydroxylation is 1. The fourth-order valence-electron chi connectivity index (χ4n) is 3.20. The van der Waals surface area contributed by atoms with Gasteiger partial charge in [0.2, 0.25) is 0 Å². The lowest BCUT2D eigenvalue weighted by Gasteiger charge is -2.21. The second-order valence-electron chi connectivity index (χ2n) is 7.05. The van der Waals surface area contributed by atoms with Crippen LogP contribution in [0.1, 0.15) is 28.5 Å². The van der Waals surface area contributed by atoms with Crippen molar-refractivity contribution in [2.45, 2.75) is 20.3 Å². The van der Waals surface area contributed by atoms with Crippen molar-refractivity contribution in [1.82, 2.24) is 15.3 Å². The predicted molar refractivity (Wildman–Crippen MR) is 120 cm³/mol. The summed E-state index contributed by atoms with van der Waals surface area (Å²) >= 11 is 0. The summed E-state index contributed by atoms with van der Waals surface area (Å²) in [5.41, 5.74) is 4.83. The molecule has 0 aliphatic rings. The zero-order valence-electron chi connectivity index (χ0n) is 18.0. The lowest BCUT2D eigenvalue weighted by atomic mass is 10.00. The molecule has 0 atom stereocenters. The smallest absolute Gasteiger partial charge is 0.413 e. The number of methoxy groups -OCH3 is 1. The zero-order chi connectivity index (χ0) is 22.2. The molecule has 0 spiro atoms. The van der Waals surface area contributed by atoms with Gasteiger partial charge >= 0.3 is 6.09 Å². The number of benzene rings is 2. The molecule has 1 N–H and O–H groups in total. The molecule has 1 aromatic heterocycles. The molecule has 3 rings (SSSR count). The third kappa shape index (κ3) is 5.66.